The fourth-order valence-electron chi connectivity index (χ4n) is 3.73. The minimum absolute atomic E-state index is 0.0651. The van der Waals surface area contributed by atoms with Crippen LogP contribution in [0.3, 0.4) is 0 Å². The van der Waals surface area contributed by atoms with E-state index >= 15 is 0 Å². The summed E-state index contributed by atoms with van der Waals surface area (Å²) in [4.78, 5) is 28.1. The number of nitrogens with zero attached hydrogens (tertiary/aromatic N) is 1. The van der Waals surface area contributed by atoms with Gasteiger partial charge in [0.25, 0.3) is 0 Å². The summed E-state index contributed by atoms with van der Waals surface area (Å²) in [6.45, 7) is 0.0876. The van der Waals surface area contributed by atoms with Gasteiger partial charge in [0, 0.05) is 0 Å². The van der Waals surface area contributed by atoms with Gasteiger partial charge in [-0.15, -0.1) is 4.40 Å². The molecule has 7 nitrogen and oxygen atoms in total. The Hall–Kier alpha value is -3.88. The number of rotatable bonds is 6. The first kappa shape index (κ1) is 21.9. The molecule has 0 radical (unpaired) electrons. The first-order valence-electron chi connectivity index (χ1n) is 10.2. The van der Waals surface area contributed by atoms with Gasteiger partial charge in [0.15, 0.2) is 22.5 Å². The molecule has 3 aromatic carbocycles. The van der Waals surface area contributed by atoms with Crippen molar-refractivity contribution in [2.45, 2.75) is 6.61 Å². The molecule has 34 heavy (non-hydrogen) atoms. The van der Waals surface area contributed by atoms with Crippen molar-refractivity contribution >= 4 is 51.0 Å². The van der Waals surface area contributed by atoms with Crippen molar-refractivity contribution in [2.24, 2.45) is 0 Å². The maximum atomic E-state index is 13.0. The number of imidazole rings is 1. The second-order valence-corrected chi connectivity index (χ2v) is 8.95. The molecule has 9 heteroatoms. The third-order valence-electron chi connectivity index (χ3n) is 5.31. The maximum absolute atomic E-state index is 13.0. The van der Waals surface area contributed by atoms with Gasteiger partial charge < -0.3 is 19.4 Å². The van der Waals surface area contributed by atoms with Crippen molar-refractivity contribution < 1.29 is 24.4 Å². The number of para-hydroxylation sites is 2. The molecule has 0 saturated carbocycles. The molecular formula is C25H17ClN2O5S. The van der Waals surface area contributed by atoms with E-state index in [1.807, 2.05) is 24.3 Å². The van der Waals surface area contributed by atoms with Crippen LogP contribution in [0, 0.1) is 0 Å². The third-order valence-corrected chi connectivity index (χ3v) is 6.58. The lowest BCUT2D eigenvalue weighted by atomic mass is 10.1. The van der Waals surface area contributed by atoms with Gasteiger partial charge in [0.2, 0.25) is 0 Å². The Morgan fingerprint density at radius 2 is 2.00 bits per heavy atom. The number of carbonyl (C=O) groups excluding carboxylic acids is 1. The van der Waals surface area contributed by atoms with Gasteiger partial charge in [-0.3, -0.25) is 0 Å². The molecule has 5 rings (SSSR count). The smallest absolute Gasteiger partial charge is 0.357 e. The molecule has 0 atom stereocenters. The highest BCUT2D eigenvalue weighted by molar-refractivity contribution is 7.14. The van der Waals surface area contributed by atoms with Gasteiger partial charge in [-0.25, -0.2) is 9.78 Å². The highest BCUT2D eigenvalue weighted by Gasteiger charge is 2.19. The van der Waals surface area contributed by atoms with Crippen molar-refractivity contribution in [1.29, 1.82) is 0 Å². The van der Waals surface area contributed by atoms with Crippen LogP contribution >= 0.6 is 22.9 Å². The molecule has 0 aliphatic heterocycles. The zero-order chi connectivity index (χ0) is 23.8. The van der Waals surface area contributed by atoms with E-state index in [1.165, 1.54) is 30.6 Å². The summed E-state index contributed by atoms with van der Waals surface area (Å²) in [5.74, 6) is -0.546. The predicted molar refractivity (Wildman–Crippen MR) is 127 cm³/mol. The molecule has 0 aliphatic rings. The monoisotopic (exact) mass is 492 g/mol. The van der Waals surface area contributed by atoms with Gasteiger partial charge in [-0.1, -0.05) is 41.9 Å². The van der Waals surface area contributed by atoms with E-state index in [2.05, 4.69) is 4.98 Å². The standard InChI is InChI=1S/C25H17ClN2O5S/c1-32-20-11-15(10-17(26)22(20)33-13-14-5-4-6-16(9-14)24(30)31)12-21-23(29)28-19-8-3-2-7-18(19)27-25(28)34-21/h2-12H,13H2,1H3,(H,30,31)/b21-12-. The molecule has 5 aromatic rings. The summed E-state index contributed by atoms with van der Waals surface area (Å²) in [5.41, 5.74) is 2.98. The average molecular weight is 493 g/mol. The van der Waals surface area contributed by atoms with Crippen molar-refractivity contribution in [3.63, 3.8) is 0 Å². The first-order chi connectivity index (χ1) is 16.4. The number of ether oxygens (including phenoxy) is 2. The van der Waals surface area contributed by atoms with Crippen molar-refractivity contribution in [2.75, 3.05) is 7.11 Å². The van der Waals surface area contributed by atoms with E-state index in [-0.39, 0.29) is 17.7 Å². The van der Waals surface area contributed by atoms with Crippen LogP contribution in [0.25, 0.3) is 22.1 Å². The van der Waals surface area contributed by atoms with Gasteiger partial charge >= 0.3 is 10.5 Å². The Labute approximate surface area is 202 Å². The minimum Gasteiger partial charge on any atom is -0.545 e. The van der Waals surface area contributed by atoms with Crippen LogP contribution in [0.4, 0.5) is 0 Å². The number of hydrogen-bond donors (Lipinski definition) is 0. The first-order valence-corrected chi connectivity index (χ1v) is 11.4. The highest BCUT2D eigenvalue weighted by Crippen LogP contribution is 2.37. The fraction of sp³-hybridized carbons (Fsp3) is 0.0800. The lowest BCUT2D eigenvalue weighted by Gasteiger charge is -2.14. The molecule has 2 heterocycles. The van der Waals surface area contributed by atoms with Crippen LogP contribution < -0.4 is 29.7 Å². The highest BCUT2D eigenvalue weighted by atomic mass is 35.5. The number of nitrogens with one attached hydrogen (secondary N) is 1. The Balaban J connectivity index is 1.49. The number of aromatic nitrogens is 2. The fourth-order valence-corrected chi connectivity index (χ4v) is 5.02. The lowest BCUT2D eigenvalue weighted by Crippen LogP contribution is -2.22. The quantitative estimate of drug-likeness (QED) is 0.363. The van der Waals surface area contributed by atoms with Gasteiger partial charge in [-0.2, -0.15) is 0 Å². The number of carboxylic acid groups (broad SMARTS) is 1. The summed E-state index contributed by atoms with van der Waals surface area (Å²) in [5, 5.41) is 11.4. The number of fused-ring (bicyclic) bond motifs is 3. The molecule has 0 aliphatic carbocycles. The van der Waals surface area contributed by atoms with E-state index in [0.29, 0.717) is 32.2 Å². The number of hydrogen-bond acceptors (Lipinski definition) is 6. The van der Waals surface area contributed by atoms with Crippen LogP contribution in [0.15, 0.2) is 65.5 Å². The van der Waals surface area contributed by atoms with Gasteiger partial charge in [-0.05, 0) is 64.4 Å². The van der Waals surface area contributed by atoms with Crippen LogP contribution in [0.1, 0.15) is 21.5 Å². The normalized spacial score (nSPS) is 11.9. The topological polar surface area (TPSA) is 94.2 Å². The number of benzene rings is 3. The van der Waals surface area contributed by atoms with Crippen molar-refractivity contribution in [3.05, 3.63) is 97.3 Å². The Morgan fingerprint density at radius 3 is 2.79 bits per heavy atom. The van der Waals surface area contributed by atoms with Crippen LogP contribution in [-0.4, -0.2) is 17.5 Å². The molecule has 170 valence electrons. The summed E-state index contributed by atoms with van der Waals surface area (Å²) < 4.78 is 13.5. The Kier molecular flexibility index (Phi) is 5.69. The van der Waals surface area contributed by atoms with E-state index < -0.39 is 5.97 Å². The lowest BCUT2D eigenvalue weighted by molar-refractivity contribution is -0.308. The molecule has 0 amide bonds. The Bertz CT molecular complexity index is 1670. The zero-order valence-electron chi connectivity index (χ0n) is 17.8. The van der Waals surface area contributed by atoms with Gasteiger partial charge in [0.1, 0.15) is 11.1 Å². The summed E-state index contributed by atoms with van der Waals surface area (Å²) in [7, 11) is 1.49. The van der Waals surface area contributed by atoms with Crippen LogP contribution in [0.2, 0.25) is 5.02 Å². The number of carbonyl (C=O) groups is 1. The van der Waals surface area contributed by atoms with E-state index in [9.17, 15) is 14.7 Å². The van der Waals surface area contributed by atoms with Gasteiger partial charge in [0.05, 0.1) is 18.1 Å². The molecule has 2 aromatic heterocycles. The number of halogens is 1. The molecular weight excluding hydrogens is 476 g/mol. The second kappa shape index (κ2) is 8.81. The van der Waals surface area contributed by atoms with Crippen LogP contribution in [-0.2, 0) is 6.61 Å². The zero-order valence-corrected chi connectivity index (χ0v) is 19.4. The largest absolute Gasteiger partial charge is 0.545 e. The molecule has 0 unspecified atom stereocenters. The third kappa shape index (κ3) is 3.98. The van der Waals surface area contributed by atoms with E-state index in [4.69, 9.17) is 21.1 Å². The summed E-state index contributed by atoms with van der Waals surface area (Å²) >= 11 is 7.84. The number of H-pyrrole nitrogens is 1. The summed E-state index contributed by atoms with van der Waals surface area (Å²) in [6.07, 6.45) is 1.75. The van der Waals surface area contributed by atoms with Crippen molar-refractivity contribution in [1.82, 2.24) is 4.40 Å². The molecule has 0 fully saturated rings. The average Bonchev–Trinajstić information content (AvgIpc) is 3.34. The second-order valence-electron chi connectivity index (χ2n) is 7.51. The Morgan fingerprint density at radius 1 is 1.18 bits per heavy atom. The molecule has 0 spiro atoms. The number of carboxylic acids is 1. The van der Waals surface area contributed by atoms with Crippen molar-refractivity contribution in [3.8, 4) is 11.5 Å². The summed E-state index contributed by atoms with van der Waals surface area (Å²) in [6, 6.07) is 17.3. The predicted octanol–water partition coefficient (Wildman–Crippen LogP) is 2.48. The number of thiazole rings is 1. The molecule has 0 bridgehead atoms. The number of aromatic amines is 1. The molecule has 1 N–H and O–H groups in total. The number of methoxy groups -OCH3 is 1. The van der Waals surface area contributed by atoms with E-state index in [0.717, 1.165) is 16.0 Å². The van der Waals surface area contributed by atoms with Crippen LogP contribution in [0.5, 0.6) is 11.5 Å². The minimum atomic E-state index is -1.26. The number of aromatic carboxylic acids is 1. The molecule has 0 saturated heterocycles. The van der Waals surface area contributed by atoms with E-state index in [1.54, 1.807) is 34.7 Å². The maximum Gasteiger partial charge on any atom is 0.357 e. The SMILES string of the molecule is COc1cc(/C=c2\sc3[nH+]c4ccccc4n3c2=O)cc(Cl)c1OCc1cccc(C(=O)[O-])c1.